The summed E-state index contributed by atoms with van der Waals surface area (Å²) in [7, 11) is 0. The molecule has 1 aliphatic heterocycles. The number of aliphatic hydroxyl groups is 3. The van der Waals surface area contributed by atoms with Gasteiger partial charge in [-0.25, -0.2) is 0 Å². The van der Waals surface area contributed by atoms with Crippen LogP contribution in [0.1, 0.15) is 6.42 Å². The normalized spacial score (nSPS) is 48.1. The molecule has 10 nitrogen and oxygen atoms in total. The first-order valence-electron chi connectivity index (χ1n) is 8.18. The molecule has 2 rings (SSSR count). The van der Waals surface area contributed by atoms with Gasteiger partial charge >= 0.3 is 0 Å². The van der Waals surface area contributed by atoms with Crippen molar-refractivity contribution in [3.05, 3.63) is 0 Å². The van der Waals surface area contributed by atoms with Gasteiger partial charge in [0, 0.05) is 18.6 Å². The van der Waals surface area contributed by atoms with Crippen molar-refractivity contribution < 1.29 is 29.5 Å². The van der Waals surface area contributed by atoms with E-state index in [0.717, 1.165) is 0 Å². The van der Waals surface area contributed by atoms with E-state index in [0.29, 0.717) is 0 Å². The number of terminal acetylenes is 1. The van der Waals surface area contributed by atoms with E-state index in [1.54, 1.807) is 0 Å². The van der Waals surface area contributed by atoms with Crippen LogP contribution in [0, 0.1) is 12.3 Å². The molecule has 1 saturated carbocycles. The summed E-state index contributed by atoms with van der Waals surface area (Å²) >= 11 is 0. The van der Waals surface area contributed by atoms with Crippen LogP contribution < -0.4 is 22.9 Å². The van der Waals surface area contributed by atoms with Crippen molar-refractivity contribution in [2.45, 2.75) is 67.5 Å². The largest absolute Gasteiger partial charge is 0.389 e. The zero-order valence-electron chi connectivity index (χ0n) is 13.8. The minimum atomic E-state index is -1.31. The van der Waals surface area contributed by atoms with Gasteiger partial charge in [0.2, 0.25) is 0 Å². The third-order valence-corrected chi connectivity index (χ3v) is 4.69. The zero-order chi connectivity index (χ0) is 18.7. The van der Waals surface area contributed by atoms with Crippen LogP contribution >= 0.6 is 0 Å². The summed E-state index contributed by atoms with van der Waals surface area (Å²) in [6.07, 6.45) is -1.80. The van der Waals surface area contributed by atoms with Gasteiger partial charge in [-0.05, 0) is 6.42 Å². The molecule has 1 saturated heterocycles. The second-order valence-corrected chi connectivity index (χ2v) is 6.47. The molecule has 1 heterocycles. The maximum Gasteiger partial charge on any atom is 0.176 e. The summed E-state index contributed by atoms with van der Waals surface area (Å²) in [6, 6.07) is -2.28. The molecule has 0 aromatic carbocycles. The molecule has 25 heavy (non-hydrogen) atoms. The molecule has 2 fully saturated rings. The maximum atomic E-state index is 10.4. The van der Waals surface area contributed by atoms with E-state index >= 15 is 0 Å². The Balaban J connectivity index is 2.08. The van der Waals surface area contributed by atoms with Crippen LogP contribution in [0.15, 0.2) is 0 Å². The van der Waals surface area contributed by atoms with Gasteiger partial charge in [0.1, 0.15) is 37.1 Å². The molecule has 0 unspecified atom stereocenters. The van der Waals surface area contributed by atoms with Crippen LogP contribution in [0.3, 0.4) is 0 Å². The Morgan fingerprint density at radius 3 is 2.32 bits per heavy atom. The molecular weight excluding hydrogens is 332 g/mol. The molecule has 0 aromatic rings. The van der Waals surface area contributed by atoms with E-state index in [9.17, 15) is 15.3 Å². The number of ether oxygens (including phenoxy) is 3. The molecule has 0 bridgehead atoms. The summed E-state index contributed by atoms with van der Waals surface area (Å²) in [4.78, 5) is 0. The van der Waals surface area contributed by atoms with Crippen LogP contribution in [-0.2, 0) is 14.2 Å². The lowest BCUT2D eigenvalue weighted by Crippen LogP contribution is -2.67. The Hall–Kier alpha value is -0.840. The summed E-state index contributed by atoms with van der Waals surface area (Å²) in [5.74, 6) is 2.30. The Labute approximate surface area is 146 Å². The molecule has 0 aromatic heterocycles. The van der Waals surface area contributed by atoms with Crippen LogP contribution in [0.4, 0.5) is 0 Å². The highest BCUT2D eigenvalue weighted by atomic mass is 16.7. The van der Waals surface area contributed by atoms with Gasteiger partial charge in [-0.2, -0.15) is 0 Å². The van der Waals surface area contributed by atoms with Crippen LogP contribution in [0.2, 0.25) is 0 Å². The van der Waals surface area contributed by atoms with Crippen molar-refractivity contribution >= 4 is 0 Å². The third-order valence-electron chi connectivity index (χ3n) is 4.69. The second kappa shape index (κ2) is 8.70. The lowest BCUT2D eigenvalue weighted by atomic mass is 9.84. The first-order chi connectivity index (χ1) is 11.8. The first-order valence-corrected chi connectivity index (χ1v) is 8.18. The van der Waals surface area contributed by atoms with Crippen molar-refractivity contribution in [3.8, 4) is 12.3 Å². The van der Waals surface area contributed by atoms with Gasteiger partial charge in [0.25, 0.3) is 0 Å². The molecule has 0 spiro atoms. The average molecular weight is 360 g/mol. The second-order valence-electron chi connectivity index (χ2n) is 6.47. The Kier molecular flexibility index (Phi) is 7.12. The van der Waals surface area contributed by atoms with Gasteiger partial charge in [-0.3, -0.25) is 0 Å². The minimum Gasteiger partial charge on any atom is -0.389 e. The highest BCUT2D eigenvalue weighted by Crippen LogP contribution is 2.28. The van der Waals surface area contributed by atoms with Gasteiger partial charge < -0.3 is 52.5 Å². The smallest absolute Gasteiger partial charge is 0.176 e. The quantitative estimate of drug-likeness (QED) is 0.235. The van der Waals surface area contributed by atoms with Crippen LogP contribution in [-0.4, -0.2) is 89.5 Å². The molecule has 2 aliphatic rings. The molecular formula is C15H28N4O6. The predicted octanol–water partition coefficient (Wildman–Crippen LogP) is -4.46. The number of hydrogen-bond acceptors (Lipinski definition) is 10. The molecule has 1 aliphatic carbocycles. The van der Waals surface area contributed by atoms with E-state index in [1.807, 2.05) is 0 Å². The molecule has 10 atom stereocenters. The molecule has 11 N–H and O–H groups in total. The SMILES string of the molecule is C#CCO[C@H]1[C@H](O)[C@@H](N)[C@@H](O[C@H]2[C@H](O)[C@@H](O)[C@H](N)C[C@@H]2N)O[C@@H]1CN. The van der Waals surface area contributed by atoms with Gasteiger partial charge in [-0.15, -0.1) is 6.42 Å². The summed E-state index contributed by atoms with van der Waals surface area (Å²) in [5.41, 5.74) is 23.4. The van der Waals surface area contributed by atoms with E-state index < -0.39 is 61.0 Å². The highest BCUT2D eigenvalue weighted by molar-refractivity contribution is 5.00. The number of hydrogen-bond donors (Lipinski definition) is 7. The number of nitrogens with two attached hydrogens (primary N) is 4. The van der Waals surface area contributed by atoms with E-state index in [4.69, 9.17) is 43.6 Å². The summed E-state index contributed by atoms with van der Waals surface area (Å²) in [6.45, 7) is 0.00176. The number of rotatable bonds is 5. The highest BCUT2D eigenvalue weighted by Gasteiger charge is 2.48. The van der Waals surface area contributed by atoms with Crippen LogP contribution in [0.25, 0.3) is 0 Å². The maximum absolute atomic E-state index is 10.4. The van der Waals surface area contributed by atoms with Crippen molar-refractivity contribution in [3.63, 3.8) is 0 Å². The van der Waals surface area contributed by atoms with Gasteiger partial charge in [-0.1, -0.05) is 5.92 Å². The fourth-order valence-corrected chi connectivity index (χ4v) is 3.23. The summed E-state index contributed by atoms with van der Waals surface area (Å²) < 4.78 is 16.8. The van der Waals surface area contributed by atoms with E-state index in [-0.39, 0.29) is 19.6 Å². The van der Waals surface area contributed by atoms with Gasteiger partial charge in [0.15, 0.2) is 6.29 Å². The molecule has 10 heteroatoms. The lowest BCUT2D eigenvalue weighted by Gasteiger charge is -2.46. The number of aliphatic hydroxyl groups excluding tert-OH is 3. The monoisotopic (exact) mass is 360 g/mol. The fourth-order valence-electron chi connectivity index (χ4n) is 3.23. The van der Waals surface area contributed by atoms with Gasteiger partial charge in [0.05, 0.1) is 12.1 Å². The third kappa shape index (κ3) is 4.29. The Bertz CT molecular complexity index is 475. The topological polar surface area (TPSA) is 192 Å². The summed E-state index contributed by atoms with van der Waals surface area (Å²) in [5, 5.41) is 30.5. The fraction of sp³-hybridized carbons (Fsp3) is 0.867. The zero-order valence-corrected chi connectivity index (χ0v) is 13.8. The Morgan fingerprint density at radius 2 is 1.72 bits per heavy atom. The molecule has 0 radical (unpaired) electrons. The average Bonchev–Trinajstić information content (AvgIpc) is 2.59. The van der Waals surface area contributed by atoms with Crippen LogP contribution in [0.5, 0.6) is 0 Å². The Morgan fingerprint density at radius 1 is 1.04 bits per heavy atom. The molecule has 144 valence electrons. The van der Waals surface area contributed by atoms with E-state index in [1.165, 1.54) is 0 Å². The predicted molar refractivity (Wildman–Crippen MR) is 87.7 cm³/mol. The first kappa shape index (κ1) is 20.5. The van der Waals surface area contributed by atoms with E-state index in [2.05, 4.69) is 5.92 Å². The standard InChI is InChI=1S/C15H28N4O6/c1-2-3-23-14-8(5-16)24-15(9(19)11(14)21)25-13-7(18)4-6(17)10(20)12(13)22/h1,6-15,20-22H,3-5,16-19H2/t6-,7+,8-,9-,10+,11-,12-,13-,14-,15-/m1/s1. The molecule has 0 amide bonds. The minimum absolute atomic E-state index is 0.0316. The van der Waals surface area contributed by atoms with Crippen molar-refractivity contribution in [2.24, 2.45) is 22.9 Å². The lowest BCUT2D eigenvalue weighted by molar-refractivity contribution is -0.292. The van der Waals surface area contributed by atoms with Crippen molar-refractivity contribution in [1.82, 2.24) is 0 Å². The van der Waals surface area contributed by atoms with Crippen molar-refractivity contribution in [1.29, 1.82) is 0 Å². The van der Waals surface area contributed by atoms with Crippen molar-refractivity contribution in [2.75, 3.05) is 13.2 Å².